The number of rotatable bonds is 6. The number of aryl methyl sites for hydroxylation is 1. The molecule has 0 amide bonds. The average Bonchev–Trinajstić information content (AvgIpc) is 2.46. The van der Waals surface area contributed by atoms with Crippen molar-refractivity contribution in [3.8, 4) is 17.4 Å². The summed E-state index contributed by atoms with van der Waals surface area (Å²) >= 11 is 0. The number of ether oxygens (including phenoxy) is 2. The molecule has 21 heavy (non-hydrogen) atoms. The zero-order valence-electron chi connectivity index (χ0n) is 12.0. The maximum Gasteiger partial charge on any atom is 0.335 e. The van der Waals surface area contributed by atoms with Crippen LogP contribution in [0.1, 0.15) is 29.3 Å². The second-order valence-electron chi connectivity index (χ2n) is 4.54. The van der Waals surface area contributed by atoms with E-state index in [9.17, 15) is 4.79 Å². The van der Waals surface area contributed by atoms with Gasteiger partial charge in [0, 0.05) is 6.20 Å². The van der Waals surface area contributed by atoms with E-state index in [1.807, 2.05) is 6.92 Å². The molecule has 0 radical (unpaired) electrons. The number of carboxylic acids is 1. The van der Waals surface area contributed by atoms with Crippen molar-refractivity contribution >= 4 is 5.97 Å². The maximum atomic E-state index is 11.0. The van der Waals surface area contributed by atoms with Crippen molar-refractivity contribution in [2.75, 3.05) is 6.61 Å². The highest BCUT2D eigenvalue weighted by atomic mass is 16.5. The number of benzene rings is 1. The van der Waals surface area contributed by atoms with Crippen LogP contribution in [0.2, 0.25) is 0 Å². The van der Waals surface area contributed by atoms with E-state index >= 15 is 0 Å². The molecular weight excluding hydrogens is 270 g/mol. The lowest BCUT2D eigenvalue weighted by Gasteiger charge is -2.11. The molecule has 2 rings (SSSR count). The number of hydrogen-bond acceptors (Lipinski definition) is 4. The Morgan fingerprint density at radius 3 is 2.81 bits per heavy atom. The number of carboxylic acid groups (broad SMARTS) is 1. The molecule has 1 aromatic carbocycles. The van der Waals surface area contributed by atoms with Crippen molar-refractivity contribution in [2.45, 2.75) is 20.3 Å². The Morgan fingerprint density at radius 2 is 2.14 bits per heavy atom. The van der Waals surface area contributed by atoms with Gasteiger partial charge in [-0.05, 0) is 49.2 Å². The Balaban J connectivity index is 2.22. The zero-order chi connectivity index (χ0) is 15.2. The highest BCUT2D eigenvalue weighted by molar-refractivity contribution is 5.89. The highest BCUT2D eigenvalue weighted by Crippen LogP contribution is 2.29. The second-order valence-corrected chi connectivity index (χ2v) is 4.54. The number of pyridine rings is 1. The lowest BCUT2D eigenvalue weighted by atomic mass is 10.1. The van der Waals surface area contributed by atoms with Gasteiger partial charge in [0.2, 0.25) is 0 Å². The molecule has 2 aromatic rings. The van der Waals surface area contributed by atoms with Crippen molar-refractivity contribution in [1.82, 2.24) is 4.98 Å². The van der Waals surface area contributed by atoms with Crippen LogP contribution in [0.4, 0.5) is 0 Å². The van der Waals surface area contributed by atoms with Crippen molar-refractivity contribution in [2.24, 2.45) is 0 Å². The van der Waals surface area contributed by atoms with Crippen LogP contribution >= 0.6 is 0 Å². The third-order valence-corrected chi connectivity index (χ3v) is 2.84. The van der Waals surface area contributed by atoms with Crippen molar-refractivity contribution in [3.05, 3.63) is 47.7 Å². The van der Waals surface area contributed by atoms with Crippen LogP contribution in [0, 0.1) is 6.92 Å². The maximum absolute atomic E-state index is 11.0. The third kappa shape index (κ3) is 3.72. The monoisotopic (exact) mass is 287 g/mol. The summed E-state index contributed by atoms with van der Waals surface area (Å²) in [5, 5.41) is 9.01. The molecule has 0 aliphatic carbocycles. The quantitative estimate of drug-likeness (QED) is 0.877. The summed E-state index contributed by atoms with van der Waals surface area (Å²) in [7, 11) is 0. The Bertz CT molecular complexity index is 640. The molecule has 0 spiro atoms. The van der Waals surface area contributed by atoms with Gasteiger partial charge in [0.25, 0.3) is 5.88 Å². The lowest BCUT2D eigenvalue weighted by Crippen LogP contribution is -2.01. The molecule has 0 aliphatic heterocycles. The molecule has 0 unspecified atom stereocenters. The van der Waals surface area contributed by atoms with Crippen molar-refractivity contribution in [1.29, 1.82) is 0 Å². The van der Waals surface area contributed by atoms with E-state index in [2.05, 4.69) is 4.98 Å². The Kier molecular flexibility index (Phi) is 4.77. The third-order valence-electron chi connectivity index (χ3n) is 2.84. The molecule has 0 saturated carbocycles. The van der Waals surface area contributed by atoms with Gasteiger partial charge < -0.3 is 14.6 Å². The topological polar surface area (TPSA) is 68.7 Å². The lowest BCUT2D eigenvalue weighted by molar-refractivity contribution is 0.0696. The van der Waals surface area contributed by atoms with Crippen LogP contribution in [-0.2, 0) is 0 Å². The summed E-state index contributed by atoms with van der Waals surface area (Å²) in [6, 6.07) is 8.35. The first-order chi connectivity index (χ1) is 10.1. The SMILES string of the molecule is CCCOc1cccnc1Oc1ccc(C(=O)O)c(C)c1. The summed E-state index contributed by atoms with van der Waals surface area (Å²) in [5.74, 6) is 0.508. The van der Waals surface area contributed by atoms with Gasteiger partial charge in [-0.3, -0.25) is 0 Å². The normalized spacial score (nSPS) is 10.2. The molecule has 0 atom stereocenters. The number of carbonyl (C=O) groups is 1. The summed E-state index contributed by atoms with van der Waals surface area (Å²) in [6.45, 7) is 4.33. The first kappa shape index (κ1) is 14.8. The first-order valence-electron chi connectivity index (χ1n) is 6.71. The minimum absolute atomic E-state index is 0.255. The smallest absolute Gasteiger partial charge is 0.335 e. The Hall–Kier alpha value is -2.56. The first-order valence-corrected chi connectivity index (χ1v) is 6.71. The van der Waals surface area contributed by atoms with E-state index < -0.39 is 5.97 Å². The zero-order valence-corrected chi connectivity index (χ0v) is 12.0. The van der Waals surface area contributed by atoms with Gasteiger partial charge in [-0.25, -0.2) is 9.78 Å². The van der Waals surface area contributed by atoms with Crippen LogP contribution in [0.3, 0.4) is 0 Å². The van der Waals surface area contributed by atoms with Crippen LogP contribution in [0.25, 0.3) is 0 Å². The van der Waals surface area contributed by atoms with Crippen LogP contribution < -0.4 is 9.47 Å². The number of nitrogens with zero attached hydrogens (tertiary/aromatic N) is 1. The minimum Gasteiger partial charge on any atom is -0.488 e. The summed E-state index contributed by atoms with van der Waals surface area (Å²) in [4.78, 5) is 15.1. The van der Waals surface area contributed by atoms with E-state index in [4.69, 9.17) is 14.6 Å². The van der Waals surface area contributed by atoms with E-state index in [0.29, 0.717) is 29.5 Å². The summed E-state index contributed by atoms with van der Waals surface area (Å²) < 4.78 is 11.3. The van der Waals surface area contributed by atoms with Crippen LogP contribution in [-0.4, -0.2) is 22.7 Å². The molecule has 110 valence electrons. The average molecular weight is 287 g/mol. The molecule has 0 fully saturated rings. The predicted octanol–water partition coefficient (Wildman–Crippen LogP) is 3.67. The molecule has 1 aromatic heterocycles. The molecule has 0 saturated heterocycles. The van der Waals surface area contributed by atoms with Crippen molar-refractivity contribution in [3.63, 3.8) is 0 Å². The van der Waals surface area contributed by atoms with Gasteiger partial charge in [0.05, 0.1) is 12.2 Å². The van der Waals surface area contributed by atoms with Crippen LogP contribution in [0.15, 0.2) is 36.5 Å². The van der Waals surface area contributed by atoms with Gasteiger partial charge in [-0.15, -0.1) is 0 Å². The number of hydrogen-bond donors (Lipinski definition) is 1. The molecular formula is C16H17NO4. The molecule has 0 bridgehead atoms. The largest absolute Gasteiger partial charge is 0.488 e. The predicted molar refractivity (Wildman–Crippen MR) is 78.2 cm³/mol. The Morgan fingerprint density at radius 1 is 1.33 bits per heavy atom. The molecule has 5 nitrogen and oxygen atoms in total. The summed E-state index contributed by atoms with van der Waals surface area (Å²) in [6.07, 6.45) is 2.51. The van der Waals surface area contributed by atoms with E-state index in [-0.39, 0.29) is 5.56 Å². The second kappa shape index (κ2) is 6.74. The highest BCUT2D eigenvalue weighted by Gasteiger charge is 2.11. The van der Waals surface area contributed by atoms with Crippen LogP contribution in [0.5, 0.6) is 17.4 Å². The number of aromatic carboxylic acids is 1. The molecule has 1 heterocycles. The van der Waals surface area contributed by atoms with Gasteiger partial charge in [0.1, 0.15) is 5.75 Å². The van der Waals surface area contributed by atoms with E-state index in [0.717, 1.165) is 6.42 Å². The van der Waals surface area contributed by atoms with Crippen molar-refractivity contribution < 1.29 is 19.4 Å². The minimum atomic E-state index is -0.955. The molecule has 5 heteroatoms. The van der Waals surface area contributed by atoms with Gasteiger partial charge in [-0.2, -0.15) is 0 Å². The Labute approximate surface area is 123 Å². The summed E-state index contributed by atoms with van der Waals surface area (Å²) in [5.41, 5.74) is 0.887. The molecule has 0 aliphatic rings. The number of aromatic nitrogens is 1. The van der Waals surface area contributed by atoms with Gasteiger partial charge in [-0.1, -0.05) is 6.92 Å². The fourth-order valence-corrected chi connectivity index (χ4v) is 1.83. The van der Waals surface area contributed by atoms with E-state index in [1.54, 1.807) is 37.4 Å². The fourth-order valence-electron chi connectivity index (χ4n) is 1.83. The fraction of sp³-hybridized carbons (Fsp3) is 0.250. The molecule has 1 N–H and O–H groups in total. The van der Waals surface area contributed by atoms with Gasteiger partial charge >= 0.3 is 5.97 Å². The van der Waals surface area contributed by atoms with E-state index in [1.165, 1.54) is 6.07 Å². The van der Waals surface area contributed by atoms with Gasteiger partial charge in [0.15, 0.2) is 5.75 Å². The standard InChI is InChI=1S/C16H17NO4/c1-3-9-20-14-5-4-8-17-15(14)21-12-6-7-13(16(18)19)11(2)10-12/h4-8,10H,3,9H2,1-2H3,(H,18,19).